The Hall–Kier alpha value is -2.26. The number of benzene rings is 1. The van der Waals surface area contributed by atoms with Gasteiger partial charge in [0, 0.05) is 19.1 Å². The van der Waals surface area contributed by atoms with Crippen LogP contribution in [-0.4, -0.2) is 66.8 Å². The molecular weight excluding hydrogens is 382 g/mol. The summed E-state index contributed by atoms with van der Waals surface area (Å²) in [4.78, 5) is 39.5. The maximum atomic E-state index is 13.0. The van der Waals surface area contributed by atoms with Gasteiger partial charge >= 0.3 is 0 Å². The Balaban J connectivity index is 1.73. The molecule has 1 aromatic rings. The summed E-state index contributed by atoms with van der Waals surface area (Å²) >= 11 is 0. The van der Waals surface area contributed by atoms with Gasteiger partial charge in [-0.3, -0.25) is 19.3 Å². The Morgan fingerprint density at radius 3 is 2.00 bits per heavy atom. The maximum absolute atomic E-state index is 13.0. The van der Waals surface area contributed by atoms with Crippen molar-refractivity contribution >= 4 is 27.7 Å². The van der Waals surface area contributed by atoms with Crippen molar-refractivity contribution in [2.24, 2.45) is 5.92 Å². The minimum absolute atomic E-state index is 0.193. The lowest BCUT2D eigenvalue weighted by molar-refractivity contribution is -0.127. The molecular formula is C19H25N3O5S. The van der Waals surface area contributed by atoms with E-state index in [4.69, 9.17) is 0 Å². The van der Waals surface area contributed by atoms with Crippen LogP contribution < -0.4 is 5.32 Å². The number of fused-ring (bicyclic) bond motifs is 1. The number of hydrogen-bond acceptors (Lipinski definition) is 5. The molecule has 0 saturated carbocycles. The predicted octanol–water partition coefficient (Wildman–Crippen LogP) is 0.847. The van der Waals surface area contributed by atoms with Crippen molar-refractivity contribution in [1.29, 1.82) is 0 Å². The van der Waals surface area contributed by atoms with Gasteiger partial charge in [-0.1, -0.05) is 26.0 Å². The predicted molar refractivity (Wildman–Crippen MR) is 103 cm³/mol. The highest BCUT2D eigenvalue weighted by Crippen LogP contribution is 2.27. The largest absolute Gasteiger partial charge is 0.351 e. The highest BCUT2D eigenvalue weighted by atomic mass is 32.2. The van der Waals surface area contributed by atoms with E-state index in [1.165, 1.54) is 10.6 Å². The Kier molecular flexibility index (Phi) is 5.58. The Labute approximate surface area is 164 Å². The van der Waals surface area contributed by atoms with Crippen molar-refractivity contribution in [1.82, 2.24) is 14.5 Å². The van der Waals surface area contributed by atoms with Gasteiger partial charge in [0.05, 0.1) is 17.4 Å². The minimum Gasteiger partial charge on any atom is -0.351 e. The Morgan fingerprint density at radius 1 is 1.07 bits per heavy atom. The van der Waals surface area contributed by atoms with Crippen molar-refractivity contribution in [3.8, 4) is 0 Å². The number of nitrogens with zero attached hydrogens (tertiary/aromatic N) is 2. The number of nitrogens with one attached hydrogen (secondary N) is 1. The third kappa shape index (κ3) is 3.81. The monoisotopic (exact) mass is 407 g/mol. The molecule has 3 rings (SSSR count). The van der Waals surface area contributed by atoms with Crippen molar-refractivity contribution < 1.29 is 22.8 Å². The van der Waals surface area contributed by atoms with E-state index in [0.717, 1.165) is 4.90 Å². The average Bonchev–Trinajstić information content (AvgIpc) is 2.87. The summed E-state index contributed by atoms with van der Waals surface area (Å²) in [5.74, 6) is -1.57. The normalized spacial score (nSPS) is 19.8. The van der Waals surface area contributed by atoms with E-state index in [0.29, 0.717) is 37.1 Å². The van der Waals surface area contributed by atoms with E-state index in [-0.39, 0.29) is 17.9 Å². The van der Waals surface area contributed by atoms with Gasteiger partial charge in [-0.05, 0) is 30.9 Å². The summed E-state index contributed by atoms with van der Waals surface area (Å²) in [5, 5.41) is 2.91. The molecule has 1 fully saturated rings. The number of hydrogen-bond donors (Lipinski definition) is 1. The quantitative estimate of drug-likeness (QED) is 0.729. The molecule has 0 aromatic heterocycles. The first-order valence-corrected chi connectivity index (χ1v) is 11.2. The molecule has 28 heavy (non-hydrogen) atoms. The number of rotatable bonds is 5. The standard InChI is InChI=1S/C19H25N3O5S/c1-12(2)16(22-18(24)14-6-4-5-7-15(14)19(22)25)17(23)20-13-8-10-21(11-9-13)28(3,26)27/h4-7,12-13,16H,8-11H2,1-3H3,(H,20,23). The lowest BCUT2D eigenvalue weighted by Crippen LogP contribution is -2.55. The summed E-state index contributed by atoms with van der Waals surface area (Å²) in [6, 6.07) is 5.45. The van der Waals surface area contributed by atoms with Gasteiger partial charge in [0.2, 0.25) is 15.9 Å². The molecule has 0 spiro atoms. The number of carbonyl (C=O) groups is 3. The fourth-order valence-electron chi connectivity index (χ4n) is 3.80. The molecule has 1 unspecified atom stereocenters. The third-order valence-corrected chi connectivity index (χ3v) is 6.58. The van der Waals surface area contributed by atoms with Crippen LogP contribution >= 0.6 is 0 Å². The SMILES string of the molecule is CC(C)C(C(=O)NC1CCN(S(C)(=O)=O)CC1)N1C(=O)c2ccccc2C1=O. The van der Waals surface area contributed by atoms with Gasteiger partial charge in [-0.25, -0.2) is 12.7 Å². The van der Waals surface area contributed by atoms with E-state index < -0.39 is 27.9 Å². The van der Waals surface area contributed by atoms with Crippen LogP contribution in [0.5, 0.6) is 0 Å². The van der Waals surface area contributed by atoms with Crippen LogP contribution in [-0.2, 0) is 14.8 Å². The van der Waals surface area contributed by atoms with Crippen molar-refractivity contribution in [3.05, 3.63) is 35.4 Å². The Bertz CT molecular complexity index is 869. The summed E-state index contributed by atoms with van der Waals surface area (Å²) < 4.78 is 24.6. The first-order valence-electron chi connectivity index (χ1n) is 9.33. The molecule has 1 atom stereocenters. The fraction of sp³-hybridized carbons (Fsp3) is 0.526. The van der Waals surface area contributed by atoms with E-state index in [9.17, 15) is 22.8 Å². The molecule has 3 amide bonds. The van der Waals surface area contributed by atoms with Crippen LogP contribution in [0.4, 0.5) is 0 Å². The summed E-state index contributed by atoms with van der Waals surface area (Å²) in [6.07, 6.45) is 2.15. The van der Waals surface area contributed by atoms with Crippen LogP contribution in [0.3, 0.4) is 0 Å². The lowest BCUT2D eigenvalue weighted by Gasteiger charge is -2.34. The molecule has 9 heteroatoms. The highest BCUT2D eigenvalue weighted by molar-refractivity contribution is 7.88. The number of piperidine rings is 1. The van der Waals surface area contributed by atoms with Crippen LogP contribution in [0.15, 0.2) is 24.3 Å². The molecule has 1 saturated heterocycles. The molecule has 0 radical (unpaired) electrons. The number of carbonyl (C=O) groups excluding carboxylic acids is 3. The summed E-state index contributed by atoms with van der Waals surface area (Å²) in [6.45, 7) is 4.26. The lowest BCUT2D eigenvalue weighted by atomic mass is 9.99. The second kappa shape index (κ2) is 7.63. The van der Waals surface area contributed by atoms with E-state index in [1.807, 2.05) is 0 Å². The van der Waals surface area contributed by atoms with Gasteiger partial charge in [0.1, 0.15) is 6.04 Å². The average molecular weight is 407 g/mol. The number of sulfonamides is 1. The van der Waals surface area contributed by atoms with E-state index in [1.54, 1.807) is 38.1 Å². The van der Waals surface area contributed by atoms with Gasteiger partial charge in [0.15, 0.2) is 0 Å². The molecule has 0 aliphatic carbocycles. The molecule has 1 aromatic carbocycles. The minimum atomic E-state index is -3.24. The van der Waals surface area contributed by atoms with Crippen molar-refractivity contribution in [2.45, 2.75) is 38.8 Å². The smallest absolute Gasteiger partial charge is 0.262 e. The first kappa shape index (κ1) is 20.5. The zero-order valence-corrected chi connectivity index (χ0v) is 17.0. The zero-order chi connectivity index (χ0) is 20.6. The van der Waals surface area contributed by atoms with Crippen LogP contribution in [0.1, 0.15) is 47.4 Å². The summed E-state index contributed by atoms with van der Waals surface area (Å²) in [5.41, 5.74) is 0.625. The van der Waals surface area contributed by atoms with Crippen molar-refractivity contribution in [3.63, 3.8) is 0 Å². The molecule has 0 bridgehead atoms. The van der Waals surface area contributed by atoms with Crippen LogP contribution in [0.25, 0.3) is 0 Å². The molecule has 2 aliphatic rings. The topological polar surface area (TPSA) is 104 Å². The van der Waals surface area contributed by atoms with Gasteiger partial charge in [-0.2, -0.15) is 0 Å². The third-order valence-electron chi connectivity index (χ3n) is 5.27. The van der Waals surface area contributed by atoms with Gasteiger partial charge < -0.3 is 5.32 Å². The molecule has 152 valence electrons. The molecule has 2 aliphatic heterocycles. The van der Waals surface area contributed by atoms with Crippen LogP contribution in [0.2, 0.25) is 0 Å². The van der Waals surface area contributed by atoms with Crippen molar-refractivity contribution in [2.75, 3.05) is 19.3 Å². The number of imide groups is 1. The molecule has 2 heterocycles. The second-order valence-electron chi connectivity index (χ2n) is 7.66. The van der Waals surface area contributed by atoms with Crippen LogP contribution in [0, 0.1) is 5.92 Å². The molecule has 1 N–H and O–H groups in total. The highest BCUT2D eigenvalue weighted by Gasteiger charge is 2.44. The maximum Gasteiger partial charge on any atom is 0.262 e. The summed E-state index contributed by atoms with van der Waals surface area (Å²) in [7, 11) is -3.24. The van der Waals surface area contributed by atoms with E-state index >= 15 is 0 Å². The van der Waals surface area contributed by atoms with Gasteiger partial charge in [0.25, 0.3) is 11.8 Å². The van der Waals surface area contributed by atoms with Gasteiger partial charge in [-0.15, -0.1) is 0 Å². The fourth-order valence-corrected chi connectivity index (χ4v) is 4.67. The Morgan fingerprint density at radius 2 is 1.57 bits per heavy atom. The zero-order valence-electron chi connectivity index (χ0n) is 16.2. The first-order chi connectivity index (χ1) is 13.1. The molecule has 8 nitrogen and oxygen atoms in total. The second-order valence-corrected chi connectivity index (χ2v) is 9.64. The van der Waals surface area contributed by atoms with E-state index in [2.05, 4.69) is 5.32 Å². The number of amides is 3.